The van der Waals surface area contributed by atoms with Crippen molar-refractivity contribution in [1.82, 2.24) is 29.3 Å². The second kappa shape index (κ2) is 13.3. The Morgan fingerprint density at radius 2 is 1.91 bits per heavy atom. The summed E-state index contributed by atoms with van der Waals surface area (Å²) in [7, 11) is 0. The molecule has 0 saturated heterocycles. The number of aromatic nitrogens is 6. The smallest absolute Gasteiger partial charge is 0.388 e. The first-order valence-electron chi connectivity index (χ1n) is 14.4. The average molecular weight is 628 g/mol. The monoisotopic (exact) mass is 627 g/mol. The Bertz CT molecular complexity index is 1900. The minimum absolute atomic E-state index is 0. The van der Waals surface area contributed by atoms with E-state index >= 15 is 4.39 Å². The molecule has 3 aromatic heterocycles. The van der Waals surface area contributed by atoms with Crippen LogP contribution in [0.25, 0.3) is 28.3 Å². The number of benzene rings is 2. The molecule has 1 fully saturated rings. The van der Waals surface area contributed by atoms with Crippen LogP contribution >= 0.6 is 0 Å². The Hall–Kier alpha value is -2.78. The molecule has 0 amide bonds. The summed E-state index contributed by atoms with van der Waals surface area (Å²) >= 11 is 0. The summed E-state index contributed by atoms with van der Waals surface area (Å²) in [6.45, 7) is 5.60. The summed E-state index contributed by atoms with van der Waals surface area (Å²) < 4.78 is 29.6. The van der Waals surface area contributed by atoms with E-state index in [-0.39, 0.29) is 87.9 Å². The number of H-pyrrole nitrogens is 1. The number of fused-ring (bicyclic) bond motifs is 1. The molecule has 44 heavy (non-hydrogen) atoms. The number of ether oxygens (including phenoxy) is 1. The number of aryl methyl sites for hydroxylation is 1. The minimum atomic E-state index is -0.937. The number of aromatic amines is 1. The van der Waals surface area contributed by atoms with Crippen LogP contribution in [0.1, 0.15) is 62.9 Å². The summed E-state index contributed by atoms with van der Waals surface area (Å²) in [5.74, 6) is -0.429. The van der Waals surface area contributed by atoms with Crippen LogP contribution in [0, 0.1) is 5.82 Å². The molecule has 225 valence electrons. The van der Waals surface area contributed by atoms with Crippen molar-refractivity contribution in [3.63, 3.8) is 0 Å². The molecule has 13 heteroatoms. The maximum Gasteiger partial charge on any atom is 0.439 e. The third-order valence-electron chi connectivity index (χ3n) is 7.77. The molecule has 2 aromatic carbocycles. The molecule has 2 N–H and O–H groups in total. The van der Waals surface area contributed by atoms with Crippen LogP contribution in [0.3, 0.4) is 0 Å². The Morgan fingerprint density at radius 1 is 1.16 bits per heavy atom. The minimum Gasteiger partial charge on any atom is -0.388 e. The standard InChI is InChI=1S/C31H33FN6O5.K/c1-4-7-26-24(28(39)37(29-33-17-34-38(26)29)20-14-21(15-20)42-16-31(2,3)41)12-19-11-10-18(13-25(19)32)22-8-5-6-9-23(22)27-35-30(40)43-36-27;/h5-6,8-11,13,17,20-21,41H,4,7,12,14-16H2,1-3H3,(H,35,36,40);. The van der Waals surface area contributed by atoms with Crippen molar-refractivity contribution in [3.8, 4) is 22.5 Å². The van der Waals surface area contributed by atoms with Gasteiger partial charge in [-0.1, -0.05) is 54.9 Å². The molecule has 1 aliphatic rings. The van der Waals surface area contributed by atoms with E-state index in [1.54, 1.807) is 47.2 Å². The fraction of sp³-hybridized carbons (Fsp3) is 0.387. The number of nitrogens with zero attached hydrogens (tertiary/aromatic N) is 5. The molecule has 5 aromatic rings. The van der Waals surface area contributed by atoms with Gasteiger partial charge in [0.15, 0.2) is 5.82 Å². The average Bonchev–Trinajstić information content (AvgIpc) is 3.61. The van der Waals surface area contributed by atoms with Crippen LogP contribution in [0.2, 0.25) is 0 Å². The first-order chi connectivity index (χ1) is 20.6. The molecule has 1 saturated carbocycles. The van der Waals surface area contributed by atoms with Crippen molar-refractivity contribution in [2.24, 2.45) is 0 Å². The SMILES string of the molecule is CCCc1c(Cc2ccc(-c3ccccc3-c3noc(=O)[nH]3)cc2F)c(=O)n(C2CC(OCC(C)(C)O)C2)c2ncnn12.[K]. The number of rotatable bonds is 10. The third-order valence-corrected chi connectivity index (χ3v) is 7.77. The molecule has 3 heterocycles. The third kappa shape index (κ3) is 6.59. The van der Waals surface area contributed by atoms with Crippen molar-refractivity contribution in [1.29, 1.82) is 0 Å². The molecule has 0 bridgehead atoms. The van der Waals surface area contributed by atoms with Crippen LogP contribution in [-0.4, -0.2) is 104 Å². The summed E-state index contributed by atoms with van der Waals surface area (Å²) in [4.78, 5) is 32.5. The fourth-order valence-electron chi connectivity index (χ4n) is 5.62. The number of hydrogen-bond donors (Lipinski definition) is 2. The summed E-state index contributed by atoms with van der Waals surface area (Å²) in [5.41, 5.74) is 2.27. The van der Waals surface area contributed by atoms with Crippen LogP contribution in [0.15, 0.2) is 62.9 Å². The normalized spacial score (nSPS) is 16.6. The molecule has 0 spiro atoms. The molecule has 0 aliphatic heterocycles. The first kappa shape index (κ1) is 32.6. The van der Waals surface area contributed by atoms with Gasteiger partial charge in [0.25, 0.3) is 5.56 Å². The van der Waals surface area contributed by atoms with Gasteiger partial charge in [-0.2, -0.15) is 10.1 Å². The van der Waals surface area contributed by atoms with Crippen molar-refractivity contribution in [3.05, 3.63) is 92.3 Å². The number of hydrogen-bond acceptors (Lipinski definition) is 8. The summed E-state index contributed by atoms with van der Waals surface area (Å²) in [6, 6.07) is 11.9. The Balaban J connectivity index is 0.00000384. The van der Waals surface area contributed by atoms with Gasteiger partial charge in [0.05, 0.1) is 24.0 Å². The predicted molar refractivity (Wildman–Crippen MR) is 162 cm³/mol. The second-order valence-electron chi connectivity index (χ2n) is 11.7. The predicted octanol–water partition coefficient (Wildman–Crippen LogP) is 3.69. The van der Waals surface area contributed by atoms with Gasteiger partial charge in [0.1, 0.15) is 12.1 Å². The molecular weight excluding hydrogens is 594 g/mol. The van der Waals surface area contributed by atoms with Gasteiger partial charge in [0, 0.05) is 75.0 Å². The van der Waals surface area contributed by atoms with E-state index in [4.69, 9.17) is 4.74 Å². The van der Waals surface area contributed by atoms with E-state index in [0.717, 1.165) is 6.42 Å². The van der Waals surface area contributed by atoms with Gasteiger partial charge in [-0.3, -0.25) is 18.9 Å². The molecular formula is C31H33FKN6O5. The fourth-order valence-corrected chi connectivity index (χ4v) is 5.62. The maximum atomic E-state index is 15.8. The largest absolute Gasteiger partial charge is 0.439 e. The van der Waals surface area contributed by atoms with Gasteiger partial charge < -0.3 is 9.84 Å². The van der Waals surface area contributed by atoms with E-state index in [2.05, 4.69) is 24.7 Å². The van der Waals surface area contributed by atoms with E-state index in [1.165, 1.54) is 12.4 Å². The second-order valence-corrected chi connectivity index (χ2v) is 11.7. The molecule has 11 nitrogen and oxygen atoms in total. The number of halogens is 1. The van der Waals surface area contributed by atoms with Crippen LogP contribution in [0.4, 0.5) is 4.39 Å². The maximum absolute atomic E-state index is 15.8. The molecule has 1 radical (unpaired) electrons. The molecule has 1 aliphatic carbocycles. The Kier molecular flexibility index (Phi) is 9.85. The van der Waals surface area contributed by atoms with Gasteiger partial charge in [-0.05, 0) is 55.9 Å². The van der Waals surface area contributed by atoms with Gasteiger partial charge in [-0.15, -0.1) is 0 Å². The molecule has 6 rings (SSSR count). The summed E-state index contributed by atoms with van der Waals surface area (Å²) in [5, 5.41) is 18.2. The number of aliphatic hydroxyl groups is 1. The summed E-state index contributed by atoms with van der Waals surface area (Å²) in [6.07, 6.45) is 3.99. The van der Waals surface area contributed by atoms with E-state index in [9.17, 15) is 14.7 Å². The molecule has 0 unspecified atom stereocenters. The van der Waals surface area contributed by atoms with Gasteiger partial charge in [-0.25, -0.2) is 13.7 Å². The zero-order valence-electron chi connectivity index (χ0n) is 25.2. The van der Waals surface area contributed by atoms with Crippen molar-refractivity contribution in [2.75, 3.05) is 6.61 Å². The zero-order chi connectivity index (χ0) is 30.3. The van der Waals surface area contributed by atoms with Crippen molar-refractivity contribution in [2.45, 2.75) is 70.6 Å². The van der Waals surface area contributed by atoms with Crippen LogP contribution in [0.5, 0.6) is 0 Å². The Labute approximate surface area is 294 Å². The van der Waals surface area contributed by atoms with Gasteiger partial charge in [0.2, 0.25) is 5.78 Å². The van der Waals surface area contributed by atoms with Crippen molar-refractivity contribution >= 4 is 57.2 Å². The van der Waals surface area contributed by atoms with E-state index in [0.29, 0.717) is 58.6 Å². The Morgan fingerprint density at radius 3 is 2.57 bits per heavy atom. The van der Waals surface area contributed by atoms with Gasteiger partial charge >= 0.3 is 5.76 Å². The van der Waals surface area contributed by atoms with Crippen LogP contribution in [-0.2, 0) is 17.6 Å². The van der Waals surface area contributed by atoms with Crippen LogP contribution < -0.4 is 11.3 Å². The van der Waals surface area contributed by atoms with E-state index < -0.39 is 17.2 Å². The topological polar surface area (TPSA) is 141 Å². The molecule has 0 atom stereocenters. The first-order valence-corrected chi connectivity index (χ1v) is 14.4. The van der Waals surface area contributed by atoms with Crippen molar-refractivity contribution < 1.29 is 18.8 Å². The number of nitrogens with one attached hydrogen (secondary N) is 1. The zero-order valence-corrected chi connectivity index (χ0v) is 28.3. The quantitative estimate of drug-likeness (QED) is 0.224. The van der Waals surface area contributed by atoms with E-state index in [1.807, 2.05) is 19.1 Å².